The first kappa shape index (κ1) is 31.6. The van der Waals surface area contributed by atoms with Crippen molar-refractivity contribution in [2.24, 2.45) is 0 Å². The summed E-state index contributed by atoms with van der Waals surface area (Å²) >= 11 is 3.81. The van der Waals surface area contributed by atoms with Crippen molar-refractivity contribution in [1.29, 1.82) is 0 Å². The smallest absolute Gasteiger partial charge is 0.0556 e. The first-order valence-electron chi connectivity index (χ1n) is 19.0. The Morgan fingerprint density at radius 3 is 1.77 bits per heavy atom. The van der Waals surface area contributed by atoms with Gasteiger partial charge in [0.2, 0.25) is 0 Å². The first-order valence-corrected chi connectivity index (χ1v) is 20.6. The number of benzene rings is 9. The van der Waals surface area contributed by atoms with Gasteiger partial charge in [0.15, 0.2) is 0 Å². The fourth-order valence-corrected chi connectivity index (χ4v) is 11.2. The van der Waals surface area contributed by atoms with Gasteiger partial charge in [-0.2, -0.15) is 0 Å². The number of hydrogen-bond donors (Lipinski definition) is 0. The van der Waals surface area contributed by atoms with Crippen LogP contribution in [-0.2, 0) is 0 Å². The van der Waals surface area contributed by atoms with Crippen LogP contribution in [0.1, 0.15) is 0 Å². The van der Waals surface area contributed by atoms with Crippen molar-refractivity contribution < 1.29 is 0 Å². The van der Waals surface area contributed by atoms with Crippen LogP contribution in [0.3, 0.4) is 0 Å². The Bertz CT molecular complexity index is 3460. The second kappa shape index (κ2) is 12.4. The van der Waals surface area contributed by atoms with Crippen molar-refractivity contribution in [2.45, 2.75) is 0 Å². The molecule has 0 atom stereocenters. The molecule has 0 spiro atoms. The molecule has 0 saturated carbocycles. The number of thiophene rings is 2. The van der Waals surface area contributed by atoms with Gasteiger partial charge in [-0.3, -0.25) is 0 Å². The molecule has 12 aromatic rings. The lowest BCUT2D eigenvalue weighted by Gasteiger charge is -2.26. The van der Waals surface area contributed by atoms with E-state index in [0.717, 1.165) is 22.7 Å². The third kappa shape index (κ3) is 4.80. The van der Waals surface area contributed by atoms with Crippen LogP contribution in [-0.4, -0.2) is 4.57 Å². The summed E-state index contributed by atoms with van der Waals surface area (Å²) in [5, 5.41) is 10.5. The molecule has 56 heavy (non-hydrogen) atoms. The lowest BCUT2D eigenvalue weighted by Crippen LogP contribution is -2.09. The molecular weight excluding hydrogens is 717 g/mol. The average Bonchev–Trinajstić information content (AvgIpc) is 3.94. The summed E-state index contributed by atoms with van der Waals surface area (Å²) in [6, 6.07) is 71.1. The Hall–Kier alpha value is -6.72. The molecule has 0 aliphatic heterocycles. The highest BCUT2D eigenvalue weighted by atomic mass is 32.1. The monoisotopic (exact) mass is 748 g/mol. The minimum Gasteiger partial charge on any atom is -0.310 e. The third-order valence-electron chi connectivity index (χ3n) is 11.4. The molecule has 0 aliphatic carbocycles. The van der Waals surface area contributed by atoms with E-state index in [-0.39, 0.29) is 0 Å². The molecule has 0 saturated heterocycles. The van der Waals surface area contributed by atoms with E-state index >= 15 is 0 Å². The van der Waals surface area contributed by atoms with Crippen molar-refractivity contribution in [3.8, 4) is 16.8 Å². The van der Waals surface area contributed by atoms with Crippen molar-refractivity contribution in [3.63, 3.8) is 0 Å². The molecule has 0 N–H and O–H groups in total. The van der Waals surface area contributed by atoms with Crippen LogP contribution >= 0.6 is 22.7 Å². The number of fused-ring (bicyclic) bond motifs is 12. The molecule has 0 fully saturated rings. The van der Waals surface area contributed by atoms with E-state index in [2.05, 4.69) is 204 Å². The molecule has 12 rings (SSSR count). The van der Waals surface area contributed by atoms with Gasteiger partial charge in [-0.25, -0.2) is 0 Å². The van der Waals surface area contributed by atoms with Crippen LogP contribution < -0.4 is 4.90 Å². The molecule has 3 aromatic heterocycles. The Balaban J connectivity index is 0.988. The van der Waals surface area contributed by atoms with E-state index in [1.54, 1.807) is 0 Å². The third-order valence-corrected chi connectivity index (χ3v) is 13.7. The Labute approximate surface area is 331 Å². The van der Waals surface area contributed by atoms with Gasteiger partial charge in [0, 0.05) is 73.9 Å². The molecule has 0 radical (unpaired) electrons. The molecule has 4 heteroatoms. The van der Waals surface area contributed by atoms with E-state index in [1.165, 1.54) is 84.0 Å². The highest BCUT2D eigenvalue weighted by Gasteiger charge is 2.21. The van der Waals surface area contributed by atoms with E-state index < -0.39 is 0 Å². The zero-order chi connectivity index (χ0) is 36.7. The molecular formula is C52H32N2S2. The van der Waals surface area contributed by atoms with Crippen LogP contribution in [0.4, 0.5) is 17.1 Å². The van der Waals surface area contributed by atoms with Crippen molar-refractivity contribution in [2.75, 3.05) is 4.90 Å². The molecule has 9 aromatic carbocycles. The van der Waals surface area contributed by atoms with Gasteiger partial charge in [-0.1, -0.05) is 115 Å². The van der Waals surface area contributed by atoms with Crippen LogP contribution in [0.5, 0.6) is 0 Å². The van der Waals surface area contributed by atoms with Crippen molar-refractivity contribution in [3.05, 3.63) is 194 Å². The van der Waals surface area contributed by atoms with Crippen LogP contribution in [0.2, 0.25) is 0 Å². The van der Waals surface area contributed by atoms with Crippen molar-refractivity contribution >= 4 is 113 Å². The van der Waals surface area contributed by atoms with Gasteiger partial charge < -0.3 is 9.47 Å². The van der Waals surface area contributed by atoms with Gasteiger partial charge in [-0.05, 0) is 101 Å². The Kier molecular flexibility index (Phi) is 7.00. The van der Waals surface area contributed by atoms with E-state index in [9.17, 15) is 0 Å². The molecule has 3 heterocycles. The van der Waals surface area contributed by atoms with E-state index in [0.29, 0.717) is 0 Å². The van der Waals surface area contributed by atoms with Gasteiger partial charge in [0.25, 0.3) is 0 Å². The summed E-state index contributed by atoms with van der Waals surface area (Å²) in [6.07, 6.45) is 0. The predicted octanol–water partition coefficient (Wildman–Crippen LogP) is 15.8. The van der Waals surface area contributed by atoms with Gasteiger partial charge in [0.05, 0.1) is 11.0 Å². The topological polar surface area (TPSA) is 8.17 Å². The maximum absolute atomic E-state index is 2.48. The number of hydrogen-bond acceptors (Lipinski definition) is 3. The fourth-order valence-electron chi connectivity index (χ4n) is 8.81. The number of aromatic nitrogens is 1. The molecule has 262 valence electrons. The van der Waals surface area contributed by atoms with Gasteiger partial charge >= 0.3 is 0 Å². The molecule has 0 aliphatic rings. The second-order valence-corrected chi connectivity index (χ2v) is 16.6. The first-order chi connectivity index (χ1) is 27.8. The summed E-state index contributed by atoms with van der Waals surface area (Å²) in [7, 11) is 0. The van der Waals surface area contributed by atoms with E-state index in [4.69, 9.17) is 0 Å². The summed E-state index contributed by atoms with van der Waals surface area (Å²) < 4.78 is 7.84. The van der Waals surface area contributed by atoms with E-state index in [1.807, 2.05) is 22.7 Å². The maximum atomic E-state index is 2.48. The summed E-state index contributed by atoms with van der Waals surface area (Å²) in [5.41, 5.74) is 9.42. The SMILES string of the molecule is c1ccc(N(c2ccc(-c3ccc(-n4c5ccc6c7ccccc7sc6c5c5c6c(ccc54)sc4ccccc46)cc3)cc2)c2ccc3ccccc3c2)cc1. The molecule has 2 nitrogen and oxygen atoms in total. The largest absolute Gasteiger partial charge is 0.310 e. The van der Waals surface area contributed by atoms with Crippen LogP contribution in [0, 0.1) is 0 Å². The Morgan fingerprint density at radius 1 is 0.357 bits per heavy atom. The number of rotatable bonds is 5. The van der Waals surface area contributed by atoms with Crippen molar-refractivity contribution in [1.82, 2.24) is 4.57 Å². The number of anilines is 3. The maximum Gasteiger partial charge on any atom is 0.0556 e. The van der Waals surface area contributed by atoms with Gasteiger partial charge in [0.1, 0.15) is 0 Å². The highest BCUT2D eigenvalue weighted by Crippen LogP contribution is 2.48. The Morgan fingerprint density at radius 2 is 0.964 bits per heavy atom. The minimum atomic E-state index is 1.12. The minimum absolute atomic E-state index is 1.12. The van der Waals surface area contributed by atoms with Crippen LogP contribution in [0.25, 0.3) is 89.7 Å². The summed E-state index contributed by atoms with van der Waals surface area (Å²) in [6.45, 7) is 0. The molecule has 0 amide bonds. The van der Waals surface area contributed by atoms with Gasteiger partial charge in [-0.15, -0.1) is 22.7 Å². The fraction of sp³-hybridized carbons (Fsp3) is 0. The standard InChI is InChI=1S/C52H32N2S2/c1-2-12-37(13-3-1)53(40-27-22-33-10-4-5-11-36(33)32-40)38-23-18-34(19-24-38)35-20-25-39(26-21-35)54-44-30-31-48-49(43-15-7-9-17-47(43)55-48)50(44)51-45(54)29-28-42-41-14-6-8-16-46(41)56-52(42)51/h1-32H. The summed E-state index contributed by atoms with van der Waals surface area (Å²) in [5.74, 6) is 0. The zero-order valence-corrected chi connectivity index (χ0v) is 31.8. The summed E-state index contributed by atoms with van der Waals surface area (Å²) in [4.78, 5) is 2.34. The lowest BCUT2D eigenvalue weighted by atomic mass is 10.0. The highest BCUT2D eigenvalue weighted by molar-refractivity contribution is 7.27. The number of nitrogens with zero attached hydrogens (tertiary/aromatic N) is 2. The average molecular weight is 749 g/mol. The molecule has 0 unspecified atom stereocenters. The zero-order valence-electron chi connectivity index (χ0n) is 30.2. The normalized spacial score (nSPS) is 11.9. The second-order valence-electron chi connectivity index (χ2n) is 14.5. The number of para-hydroxylation sites is 1. The quantitative estimate of drug-likeness (QED) is 0.170. The molecule has 0 bridgehead atoms. The lowest BCUT2D eigenvalue weighted by molar-refractivity contribution is 1.18. The predicted molar refractivity (Wildman–Crippen MR) is 244 cm³/mol. The van der Waals surface area contributed by atoms with Crippen LogP contribution in [0.15, 0.2) is 194 Å².